The molecule has 1 amide bonds. The van der Waals surface area contributed by atoms with Crippen LogP contribution in [-0.2, 0) is 9.53 Å². The molecule has 1 N–H and O–H groups in total. The van der Waals surface area contributed by atoms with Gasteiger partial charge >= 0.3 is 0 Å². The summed E-state index contributed by atoms with van der Waals surface area (Å²) in [6, 6.07) is 2.34. The lowest BCUT2D eigenvalue weighted by Crippen LogP contribution is -2.63. The number of hydrogen-bond donors (Lipinski definition) is 1. The Kier molecular flexibility index (Phi) is 4.66. The van der Waals surface area contributed by atoms with E-state index in [9.17, 15) is 15.2 Å². The summed E-state index contributed by atoms with van der Waals surface area (Å²) in [5.41, 5.74) is -0.959. The first kappa shape index (κ1) is 16.7. The summed E-state index contributed by atoms with van der Waals surface area (Å²) in [5, 5.41) is 19.9. The summed E-state index contributed by atoms with van der Waals surface area (Å²) < 4.78 is 5.78. The van der Waals surface area contributed by atoms with Crippen molar-refractivity contribution in [3.63, 3.8) is 0 Å². The number of hydrogen-bond acceptors (Lipinski definition) is 4. The Bertz CT molecular complexity index is 483. The fraction of sp³-hybridized carbons (Fsp3) is 0.889. The zero-order chi connectivity index (χ0) is 16.5. The summed E-state index contributed by atoms with van der Waals surface area (Å²) in [5.74, 6) is 0.0244. The first-order valence-electron chi connectivity index (χ1n) is 9.08. The standard InChI is InChI=1S/C18H28N2O3/c1-2-23-15-12-14(21)18(15)8-10-20(11-9-18)16(22)17(13-19)6-4-3-5-7-17/h14-15,21H,2-12H2,1H3/t14-,15-/m0/s1. The van der Waals surface area contributed by atoms with Crippen molar-refractivity contribution < 1.29 is 14.6 Å². The Morgan fingerprint density at radius 1 is 1.26 bits per heavy atom. The van der Waals surface area contributed by atoms with Gasteiger partial charge in [0.05, 0.1) is 18.3 Å². The zero-order valence-corrected chi connectivity index (χ0v) is 14.1. The minimum atomic E-state index is -0.791. The van der Waals surface area contributed by atoms with Crippen LogP contribution in [0.3, 0.4) is 0 Å². The first-order chi connectivity index (χ1) is 11.1. The number of rotatable bonds is 3. The third kappa shape index (κ3) is 2.66. The first-order valence-corrected chi connectivity index (χ1v) is 9.08. The Morgan fingerprint density at radius 3 is 2.43 bits per heavy atom. The maximum Gasteiger partial charge on any atom is 0.243 e. The van der Waals surface area contributed by atoms with Gasteiger partial charge in [0.15, 0.2) is 0 Å². The Balaban J connectivity index is 1.64. The number of aliphatic hydroxyl groups excluding tert-OH is 1. The van der Waals surface area contributed by atoms with Gasteiger partial charge in [-0.2, -0.15) is 5.26 Å². The second kappa shape index (κ2) is 6.41. The molecule has 0 aromatic carbocycles. The molecule has 1 heterocycles. The van der Waals surface area contributed by atoms with Gasteiger partial charge in [-0.05, 0) is 32.6 Å². The average Bonchev–Trinajstić information content (AvgIpc) is 2.61. The summed E-state index contributed by atoms with van der Waals surface area (Å²) in [6.07, 6.45) is 6.58. The molecule has 2 saturated carbocycles. The molecule has 5 heteroatoms. The van der Waals surface area contributed by atoms with Crippen LogP contribution in [0.1, 0.15) is 58.3 Å². The molecule has 128 valence electrons. The molecule has 3 rings (SSSR count). The van der Waals surface area contributed by atoms with Crippen LogP contribution in [0.5, 0.6) is 0 Å². The molecule has 0 radical (unpaired) electrons. The van der Waals surface area contributed by atoms with Gasteiger partial charge in [-0.15, -0.1) is 0 Å². The topological polar surface area (TPSA) is 73.6 Å². The van der Waals surface area contributed by atoms with Crippen LogP contribution < -0.4 is 0 Å². The van der Waals surface area contributed by atoms with Crippen molar-refractivity contribution in [1.82, 2.24) is 4.90 Å². The molecule has 3 aliphatic rings. The minimum absolute atomic E-state index is 0.0244. The van der Waals surface area contributed by atoms with Gasteiger partial charge < -0.3 is 14.7 Å². The Morgan fingerprint density at radius 2 is 1.91 bits per heavy atom. The smallest absolute Gasteiger partial charge is 0.243 e. The number of carbonyl (C=O) groups is 1. The molecular formula is C18H28N2O3. The number of nitriles is 1. The van der Waals surface area contributed by atoms with E-state index in [0.29, 0.717) is 39.0 Å². The van der Waals surface area contributed by atoms with Crippen molar-refractivity contribution in [3.05, 3.63) is 0 Å². The van der Waals surface area contributed by atoms with E-state index in [-0.39, 0.29) is 23.5 Å². The van der Waals surface area contributed by atoms with Crippen LogP contribution in [0.25, 0.3) is 0 Å². The van der Waals surface area contributed by atoms with Crippen molar-refractivity contribution in [2.24, 2.45) is 10.8 Å². The normalized spacial score (nSPS) is 32.1. The molecule has 1 spiro atoms. The molecule has 2 atom stereocenters. The highest BCUT2D eigenvalue weighted by Gasteiger charge is 2.57. The molecule has 0 unspecified atom stereocenters. The second-order valence-corrected chi connectivity index (χ2v) is 7.48. The van der Waals surface area contributed by atoms with E-state index in [1.807, 2.05) is 11.8 Å². The van der Waals surface area contributed by atoms with Crippen molar-refractivity contribution in [3.8, 4) is 6.07 Å². The molecular weight excluding hydrogens is 292 g/mol. The van der Waals surface area contributed by atoms with Crippen LogP contribution in [0.4, 0.5) is 0 Å². The lowest BCUT2D eigenvalue weighted by molar-refractivity contribution is -0.211. The van der Waals surface area contributed by atoms with Crippen molar-refractivity contribution in [2.45, 2.75) is 70.5 Å². The van der Waals surface area contributed by atoms with Crippen LogP contribution >= 0.6 is 0 Å². The quantitative estimate of drug-likeness (QED) is 0.865. The van der Waals surface area contributed by atoms with Crippen LogP contribution in [-0.4, -0.2) is 47.8 Å². The molecule has 23 heavy (non-hydrogen) atoms. The number of nitrogens with zero attached hydrogens (tertiary/aromatic N) is 2. The number of aliphatic hydroxyl groups is 1. The molecule has 2 aliphatic carbocycles. The van der Waals surface area contributed by atoms with Crippen molar-refractivity contribution >= 4 is 5.91 Å². The fourth-order valence-electron chi connectivity index (χ4n) is 4.77. The van der Waals surface area contributed by atoms with E-state index in [1.54, 1.807) is 0 Å². The largest absolute Gasteiger partial charge is 0.392 e. The molecule has 0 bridgehead atoms. The van der Waals surface area contributed by atoms with Gasteiger partial charge in [0.25, 0.3) is 0 Å². The van der Waals surface area contributed by atoms with Gasteiger partial charge in [0, 0.05) is 31.5 Å². The van der Waals surface area contributed by atoms with Crippen molar-refractivity contribution in [2.75, 3.05) is 19.7 Å². The maximum absolute atomic E-state index is 12.9. The summed E-state index contributed by atoms with van der Waals surface area (Å²) in [7, 11) is 0. The minimum Gasteiger partial charge on any atom is -0.392 e. The lowest BCUT2D eigenvalue weighted by atomic mass is 9.58. The zero-order valence-electron chi connectivity index (χ0n) is 14.1. The van der Waals surface area contributed by atoms with Gasteiger partial charge in [-0.3, -0.25) is 4.79 Å². The maximum atomic E-state index is 12.9. The molecule has 3 fully saturated rings. The number of carbonyl (C=O) groups excluding carboxylic acids is 1. The van der Waals surface area contributed by atoms with Gasteiger partial charge in [-0.25, -0.2) is 0 Å². The lowest BCUT2D eigenvalue weighted by Gasteiger charge is -2.57. The van der Waals surface area contributed by atoms with E-state index < -0.39 is 5.41 Å². The second-order valence-electron chi connectivity index (χ2n) is 7.48. The predicted molar refractivity (Wildman–Crippen MR) is 85.4 cm³/mol. The highest BCUT2D eigenvalue weighted by Crippen LogP contribution is 2.51. The van der Waals surface area contributed by atoms with E-state index in [0.717, 1.165) is 32.1 Å². The molecule has 1 aliphatic heterocycles. The van der Waals surface area contributed by atoms with Gasteiger partial charge in [0.2, 0.25) is 5.91 Å². The molecule has 0 aromatic rings. The van der Waals surface area contributed by atoms with E-state index in [1.165, 1.54) is 0 Å². The SMILES string of the molecule is CCO[C@H]1C[C@H](O)C12CCN(C(=O)C1(C#N)CCCCC1)CC2. The average molecular weight is 320 g/mol. The third-order valence-corrected chi connectivity index (χ3v) is 6.42. The highest BCUT2D eigenvalue weighted by atomic mass is 16.5. The Labute approximate surface area is 138 Å². The number of likely N-dealkylation sites (tertiary alicyclic amines) is 1. The third-order valence-electron chi connectivity index (χ3n) is 6.42. The Hall–Kier alpha value is -1.12. The van der Waals surface area contributed by atoms with Crippen molar-refractivity contribution in [1.29, 1.82) is 5.26 Å². The summed E-state index contributed by atoms with van der Waals surface area (Å²) in [6.45, 7) is 3.93. The predicted octanol–water partition coefficient (Wildman–Crippen LogP) is 2.24. The number of piperidine rings is 1. The molecule has 0 aromatic heterocycles. The number of amides is 1. The van der Waals surface area contributed by atoms with E-state index in [2.05, 4.69) is 6.07 Å². The fourth-order valence-corrected chi connectivity index (χ4v) is 4.77. The molecule has 1 saturated heterocycles. The van der Waals surface area contributed by atoms with Crippen LogP contribution in [0.15, 0.2) is 0 Å². The van der Waals surface area contributed by atoms with Crippen LogP contribution in [0.2, 0.25) is 0 Å². The van der Waals surface area contributed by atoms with Crippen LogP contribution in [0, 0.1) is 22.2 Å². The number of ether oxygens (including phenoxy) is 1. The van der Waals surface area contributed by atoms with E-state index >= 15 is 0 Å². The van der Waals surface area contributed by atoms with Gasteiger partial charge in [0.1, 0.15) is 5.41 Å². The summed E-state index contributed by atoms with van der Waals surface area (Å²) >= 11 is 0. The monoisotopic (exact) mass is 320 g/mol. The van der Waals surface area contributed by atoms with Gasteiger partial charge in [-0.1, -0.05) is 19.3 Å². The molecule has 5 nitrogen and oxygen atoms in total. The van der Waals surface area contributed by atoms with E-state index in [4.69, 9.17) is 4.74 Å². The summed E-state index contributed by atoms with van der Waals surface area (Å²) in [4.78, 5) is 14.8. The highest BCUT2D eigenvalue weighted by molar-refractivity contribution is 5.85.